The summed E-state index contributed by atoms with van der Waals surface area (Å²) in [6, 6.07) is 18.3. The van der Waals surface area contributed by atoms with Gasteiger partial charge in [0.05, 0.1) is 10.7 Å². The minimum Gasteiger partial charge on any atom is -0.338 e. The van der Waals surface area contributed by atoms with Crippen LogP contribution in [0.25, 0.3) is 0 Å². The van der Waals surface area contributed by atoms with Crippen LogP contribution in [0.4, 0.5) is 5.69 Å². The lowest BCUT2D eigenvalue weighted by molar-refractivity contribution is -0.110. The molecule has 0 aliphatic carbocycles. The molecule has 0 aromatic heterocycles. The molecule has 0 fully saturated rings. The van der Waals surface area contributed by atoms with Gasteiger partial charge in [0.25, 0.3) is 0 Å². The first-order valence-electron chi connectivity index (χ1n) is 7.02. The fraction of sp³-hybridized carbons (Fsp3) is 0.105. The molecule has 0 saturated carbocycles. The maximum Gasteiger partial charge on any atom is 0.180 e. The zero-order valence-corrected chi connectivity index (χ0v) is 13.6. The third-order valence-electron chi connectivity index (χ3n) is 3.18. The summed E-state index contributed by atoms with van der Waals surface area (Å²) in [6.07, 6.45) is 2.93. The summed E-state index contributed by atoms with van der Waals surface area (Å²) in [5, 5.41) is 0.945. The molecule has 112 valence electrons. The van der Waals surface area contributed by atoms with Crippen LogP contribution in [0.3, 0.4) is 0 Å². The summed E-state index contributed by atoms with van der Waals surface area (Å²) in [7, 11) is 1.96. The molecule has 2 aromatic carbocycles. The monoisotopic (exact) mass is 309 g/mol. The second-order valence-corrected chi connectivity index (χ2v) is 5.93. The van der Waals surface area contributed by atoms with Crippen molar-refractivity contribution in [3.05, 3.63) is 83.9 Å². The summed E-state index contributed by atoms with van der Waals surface area (Å²) in [6.45, 7) is 5.54. The molecule has 0 bridgehead atoms. The van der Waals surface area contributed by atoms with E-state index in [1.807, 2.05) is 48.3 Å². The van der Waals surface area contributed by atoms with Gasteiger partial charge in [-0.1, -0.05) is 66.4 Å². The standard InChI is InChI=1S/C12H11NOS.C7H8/c1-3-9(14)8-12-13(2)10-6-4-5-7-11(10)15-12;1-7-5-3-2-4-6-7/h3-8H,1H2,2H3;2-6H,1H3/b12-8-;. The predicted octanol–water partition coefficient (Wildman–Crippen LogP) is 4.82. The van der Waals surface area contributed by atoms with Gasteiger partial charge in [-0.25, -0.2) is 0 Å². The van der Waals surface area contributed by atoms with Gasteiger partial charge < -0.3 is 4.90 Å². The van der Waals surface area contributed by atoms with Crippen molar-refractivity contribution in [2.24, 2.45) is 0 Å². The van der Waals surface area contributed by atoms with Gasteiger partial charge in [-0.3, -0.25) is 4.79 Å². The molecule has 0 radical (unpaired) electrons. The van der Waals surface area contributed by atoms with E-state index in [1.54, 1.807) is 17.8 Å². The van der Waals surface area contributed by atoms with E-state index in [4.69, 9.17) is 0 Å². The molecule has 22 heavy (non-hydrogen) atoms. The molecule has 3 rings (SSSR count). The SMILES string of the molecule is C=CC(=O)/C=C1\Sc2ccccc2N1C.Cc1ccccc1. The van der Waals surface area contributed by atoms with E-state index < -0.39 is 0 Å². The first-order valence-corrected chi connectivity index (χ1v) is 7.84. The highest BCUT2D eigenvalue weighted by Gasteiger charge is 2.21. The van der Waals surface area contributed by atoms with Crippen molar-refractivity contribution in [3.8, 4) is 0 Å². The van der Waals surface area contributed by atoms with Crippen molar-refractivity contribution in [1.82, 2.24) is 0 Å². The van der Waals surface area contributed by atoms with Gasteiger partial charge in [-0.05, 0) is 25.1 Å². The van der Waals surface area contributed by atoms with Crippen molar-refractivity contribution >= 4 is 23.2 Å². The third-order valence-corrected chi connectivity index (χ3v) is 4.35. The average molecular weight is 309 g/mol. The smallest absolute Gasteiger partial charge is 0.180 e. The number of carbonyl (C=O) groups excluding carboxylic acids is 1. The third kappa shape index (κ3) is 4.12. The van der Waals surface area contributed by atoms with Crippen molar-refractivity contribution in [2.45, 2.75) is 11.8 Å². The van der Waals surface area contributed by atoms with Gasteiger partial charge >= 0.3 is 0 Å². The largest absolute Gasteiger partial charge is 0.338 e. The van der Waals surface area contributed by atoms with Gasteiger partial charge in [0.2, 0.25) is 0 Å². The summed E-state index contributed by atoms with van der Waals surface area (Å²) < 4.78 is 0. The topological polar surface area (TPSA) is 20.3 Å². The van der Waals surface area contributed by atoms with E-state index in [2.05, 4.69) is 31.7 Å². The molecule has 0 N–H and O–H groups in total. The Labute approximate surface area is 136 Å². The van der Waals surface area contributed by atoms with Gasteiger partial charge in [0.15, 0.2) is 5.78 Å². The maximum absolute atomic E-state index is 11.2. The van der Waals surface area contributed by atoms with Crippen molar-refractivity contribution in [2.75, 3.05) is 11.9 Å². The number of fused-ring (bicyclic) bond motifs is 1. The first-order chi connectivity index (χ1) is 10.6. The van der Waals surface area contributed by atoms with Gasteiger partial charge in [-0.2, -0.15) is 0 Å². The molecule has 0 atom stereocenters. The van der Waals surface area contributed by atoms with Crippen LogP contribution in [-0.2, 0) is 4.79 Å². The Bertz CT molecular complexity index is 692. The Hall–Kier alpha value is -2.26. The highest BCUT2D eigenvalue weighted by Crippen LogP contribution is 2.44. The number of benzene rings is 2. The number of para-hydroxylation sites is 1. The molecule has 3 heteroatoms. The fourth-order valence-electron chi connectivity index (χ4n) is 1.96. The molecule has 1 aliphatic heterocycles. The van der Waals surface area contributed by atoms with Crippen LogP contribution >= 0.6 is 11.8 Å². The summed E-state index contributed by atoms with van der Waals surface area (Å²) >= 11 is 1.61. The molecule has 2 nitrogen and oxygen atoms in total. The van der Waals surface area contributed by atoms with E-state index >= 15 is 0 Å². The summed E-state index contributed by atoms with van der Waals surface area (Å²) in [5.74, 6) is -0.0582. The van der Waals surface area contributed by atoms with E-state index in [1.165, 1.54) is 16.5 Å². The Kier molecular flexibility index (Phi) is 5.61. The Morgan fingerprint density at radius 2 is 1.73 bits per heavy atom. The lowest BCUT2D eigenvalue weighted by Gasteiger charge is -2.12. The first kappa shape index (κ1) is 16.1. The van der Waals surface area contributed by atoms with Crippen molar-refractivity contribution in [1.29, 1.82) is 0 Å². The minimum absolute atomic E-state index is 0.0582. The lowest BCUT2D eigenvalue weighted by Crippen LogP contribution is -2.10. The van der Waals surface area contributed by atoms with E-state index in [-0.39, 0.29) is 5.78 Å². The van der Waals surface area contributed by atoms with Crippen molar-refractivity contribution in [3.63, 3.8) is 0 Å². The zero-order chi connectivity index (χ0) is 15.9. The van der Waals surface area contributed by atoms with Gasteiger partial charge in [0, 0.05) is 18.0 Å². The Balaban J connectivity index is 0.000000211. The highest BCUT2D eigenvalue weighted by atomic mass is 32.2. The highest BCUT2D eigenvalue weighted by molar-refractivity contribution is 8.03. The average Bonchev–Trinajstić information content (AvgIpc) is 2.85. The zero-order valence-electron chi connectivity index (χ0n) is 12.8. The predicted molar refractivity (Wildman–Crippen MR) is 95.2 cm³/mol. The van der Waals surface area contributed by atoms with Crippen LogP contribution in [-0.4, -0.2) is 12.8 Å². The number of ketones is 1. The molecule has 0 spiro atoms. The Morgan fingerprint density at radius 3 is 2.27 bits per heavy atom. The molecule has 0 unspecified atom stereocenters. The number of hydrogen-bond donors (Lipinski definition) is 0. The maximum atomic E-state index is 11.2. The Morgan fingerprint density at radius 1 is 1.09 bits per heavy atom. The van der Waals surface area contributed by atoms with Gasteiger partial charge in [-0.15, -0.1) is 0 Å². The molecule has 0 amide bonds. The normalized spacial score (nSPS) is 14.1. The second-order valence-electron chi connectivity index (χ2n) is 4.87. The number of allylic oxidation sites excluding steroid dienone is 2. The van der Waals surface area contributed by atoms with Crippen LogP contribution in [0.5, 0.6) is 0 Å². The lowest BCUT2D eigenvalue weighted by atomic mass is 10.2. The molecule has 0 saturated heterocycles. The van der Waals surface area contributed by atoms with Crippen LogP contribution in [0, 0.1) is 6.92 Å². The fourth-order valence-corrected chi connectivity index (χ4v) is 3.05. The molecule has 1 heterocycles. The minimum atomic E-state index is -0.0582. The van der Waals surface area contributed by atoms with Crippen LogP contribution in [0.2, 0.25) is 0 Å². The second kappa shape index (κ2) is 7.66. The number of aryl methyl sites for hydroxylation is 1. The summed E-state index contributed by atoms with van der Waals surface area (Å²) in [5.41, 5.74) is 2.47. The van der Waals surface area contributed by atoms with Crippen LogP contribution < -0.4 is 4.90 Å². The number of carbonyl (C=O) groups is 1. The summed E-state index contributed by atoms with van der Waals surface area (Å²) in [4.78, 5) is 14.4. The number of nitrogens with zero attached hydrogens (tertiary/aromatic N) is 1. The van der Waals surface area contributed by atoms with E-state index in [0.29, 0.717) is 0 Å². The van der Waals surface area contributed by atoms with Crippen molar-refractivity contribution < 1.29 is 4.79 Å². The molecular weight excluding hydrogens is 290 g/mol. The molecule has 1 aliphatic rings. The number of rotatable bonds is 2. The quantitative estimate of drug-likeness (QED) is 0.742. The number of thioether (sulfide) groups is 1. The van der Waals surface area contributed by atoms with Crippen LogP contribution in [0.15, 0.2) is 83.3 Å². The number of anilines is 1. The molecular formula is C19H19NOS. The van der Waals surface area contributed by atoms with E-state index in [9.17, 15) is 4.79 Å². The molecule has 2 aromatic rings. The van der Waals surface area contributed by atoms with Crippen LogP contribution in [0.1, 0.15) is 5.56 Å². The van der Waals surface area contributed by atoms with E-state index in [0.717, 1.165) is 10.7 Å². The number of hydrogen-bond acceptors (Lipinski definition) is 3. The van der Waals surface area contributed by atoms with Gasteiger partial charge in [0.1, 0.15) is 0 Å².